The second-order valence-corrected chi connectivity index (χ2v) is 5.98. The fraction of sp³-hybridized carbons (Fsp3) is 0.357. The van der Waals surface area contributed by atoms with Gasteiger partial charge < -0.3 is 15.0 Å². The van der Waals surface area contributed by atoms with Crippen molar-refractivity contribution in [3.63, 3.8) is 0 Å². The molecule has 0 bridgehead atoms. The van der Waals surface area contributed by atoms with Crippen LogP contribution in [0.4, 0.5) is 9.18 Å². The number of fused-ring (bicyclic) bond motifs is 1. The predicted octanol–water partition coefficient (Wildman–Crippen LogP) is 3.93. The molecule has 1 amide bonds. The molecular formula is C14H14BrFN2O2. The van der Waals surface area contributed by atoms with Crippen molar-refractivity contribution >= 4 is 32.9 Å². The summed E-state index contributed by atoms with van der Waals surface area (Å²) in [5, 5.41) is 9.79. The minimum Gasteiger partial charge on any atom is -0.465 e. The maximum absolute atomic E-state index is 13.5. The van der Waals surface area contributed by atoms with Crippen molar-refractivity contribution in [1.29, 1.82) is 0 Å². The molecule has 0 aliphatic carbocycles. The van der Waals surface area contributed by atoms with Gasteiger partial charge >= 0.3 is 6.09 Å². The van der Waals surface area contributed by atoms with E-state index in [1.54, 1.807) is 6.07 Å². The number of rotatable bonds is 1. The highest BCUT2D eigenvalue weighted by atomic mass is 79.9. The maximum atomic E-state index is 13.5. The third-order valence-electron chi connectivity index (χ3n) is 3.89. The van der Waals surface area contributed by atoms with Gasteiger partial charge in [0.25, 0.3) is 0 Å². The first kappa shape index (κ1) is 13.4. The lowest BCUT2D eigenvalue weighted by Gasteiger charge is -2.29. The quantitative estimate of drug-likeness (QED) is 0.826. The van der Waals surface area contributed by atoms with Crippen LogP contribution in [0.1, 0.15) is 24.5 Å². The standard InChI is InChI=1S/C14H14BrFN2O2/c15-10-7-13-9(5-11(10)16)6-12(17-13)8-1-3-18(4-2-8)14(19)20/h5-8,17H,1-4H2,(H,19,20). The topological polar surface area (TPSA) is 56.3 Å². The van der Waals surface area contributed by atoms with Crippen LogP contribution in [0.5, 0.6) is 0 Å². The van der Waals surface area contributed by atoms with Crippen LogP contribution < -0.4 is 0 Å². The number of benzene rings is 1. The van der Waals surface area contributed by atoms with E-state index in [1.165, 1.54) is 11.0 Å². The van der Waals surface area contributed by atoms with E-state index in [-0.39, 0.29) is 5.82 Å². The Bertz CT molecular complexity index is 623. The number of aromatic amines is 1. The Morgan fingerprint density at radius 3 is 2.70 bits per heavy atom. The highest BCUT2D eigenvalue weighted by Crippen LogP contribution is 2.31. The summed E-state index contributed by atoms with van der Waals surface area (Å²) in [7, 11) is 0. The zero-order valence-corrected chi connectivity index (χ0v) is 12.3. The van der Waals surface area contributed by atoms with E-state index in [0.29, 0.717) is 23.5 Å². The summed E-state index contributed by atoms with van der Waals surface area (Å²) < 4.78 is 14.0. The van der Waals surface area contributed by atoms with Crippen molar-refractivity contribution in [2.45, 2.75) is 18.8 Å². The lowest BCUT2D eigenvalue weighted by Crippen LogP contribution is -2.36. The number of carboxylic acid groups (broad SMARTS) is 1. The molecule has 1 fully saturated rings. The third kappa shape index (κ3) is 2.40. The molecule has 20 heavy (non-hydrogen) atoms. The Hall–Kier alpha value is -1.56. The monoisotopic (exact) mass is 340 g/mol. The van der Waals surface area contributed by atoms with E-state index in [2.05, 4.69) is 20.9 Å². The number of aromatic nitrogens is 1. The molecule has 2 aromatic rings. The SMILES string of the molecule is O=C(O)N1CCC(c2cc3cc(F)c(Br)cc3[nH]2)CC1. The number of piperidine rings is 1. The minimum atomic E-state index is -0.855. The van der Waals surface area contributed by atoms with Gasteiger partial charge in [0.15, 0.2) is 0 Å². The smallest absolute Gasteiger partial charge is 0.407 e. The van der Waals surface area contributed by atoms with Crippen LogP contribution in [0.3, 0.4) is 0 Å². The van der Waals surface area contributed by atoms with E-state index in [1.807, 2.05) is 6.07 Å². The number of hydrogen-bond donors (Lipinski definition) is 2. The Balaban J connectivity index is 1.83. The fourth-order valence-electron chi connectivity index (χ4n) is 2.75. The minimum absolute atomic E-state index is 0.274. The van der Waals surface area contributed by atoms with Gasteiger partial charge in [-0.25, -0.2) is 9.18 Å². The number of amides is 1. The highest BCUT2D eigenvalue weighted by Gasteiger charge is 2.24. The second kappa shape index (κ2) is 5.09. The number of H-pyrrole nitrogens is 1. The van der Waals surface area contributed by atoms with Crippen LogP contribution in [0.2, 0.25) is 0 Å². The number of likely N-dealkylation sites (tertiary alicyclic amines) is 1. The predicted molar refractivity (Wildman–Crippen MR) is 77.5 cm³/mol. The molecule has 1 aliphatic heterocycles. The molecule has 0 unspecified atom stereocenters. The normalized spacial score (nSPS) is 16.8. The van der Waals surface area contributed by atoms with E-state index >= 15 is 0 Å². The third-order valence-corrected chi connectivity index (χ3v) is 4.50. The first-order valence-corrected chi connectivity index (χ1v) is 7.29. The molecule has 2 heterocycles. The number of halogens is 2. The summed E-state index contributed by atoms with van der Waals surface area (Å²) in [6, 6.07) is 5.21. The molecule has 0 spiro atoms. The van der Waals surface area contributed by atoms with Gasteiger partial charge in [-0.1, -0.05) is 0 Å². The van der Waals surface area contributed by atoms with E-state index < -0.39 is 6.09 Å². The van der Waals surface area contributed by atoms with Gasteiger partial charge in [0.05, 0.1) is 4.47 Å². The van der Waals surface area contributed by atoms with Crippen molar-refractivity contribution in [2.75, 3.05) is 13.1 Å². The van der Waals surface area contributed by atoms with Crippen molar-refractivity contribution in [1.82, 2.24) is 9.88 Å². The summed E-state index contributed by atoms with van der Waals surface area (Å²) >= 11 is 3.18. The molecule has 2 N–H and O–H groups in total. The molecule has 3 rings (SSSR count). The lowest BCUT2D eigenvalue weighted by molar-refractivity contribution is 0.132. The Labute approximate surface area is 123 Å². The van der Waals surface area contributed by atoms with Gasteiger partial charge in [0.1, 0.15) is 5.82 Å². The van der Waals surface area contributed by atoms with Crippen molar-refractivity contribution < 1.29 is 14.3 Å². The second-order valence-electron chi connectivity index (χ2n) is 5.12. The fourth-order valence-corrected chi connectivity index (χ4v) is 3.09. The average Bonchev–Trinajstić information content (AvgIpc) is 2.82. The molecule has 1 aliphatic rings. The van der Waals surface area contributed by atoms with E-state index in [9.17, 15) is 9.18 Å². The Morgan fingerprint density at radius 2 is 2.05 bits per heavy atom. The Morgan fingerprint density at radius 1 is 1.35 bits per heavy atom. The summed E-state index contributed by atoms with van der Waals surface area (Å²) in [6.45, 7) is 1.10. The van der Waals surface area contributed by atoms with Crippen molar-refractivity contribution in [3.05, 3.63) is 34.2 Å². The molecule has 4 nitrogen and oxygen atoms in total. The molecule has 1 saturated heterocycles. The van der Waals surface area contributed by atoms with Crippen LogP contribution in [0.15, 0.2) is 22.7 Å². The van der Waals surface area contributed by atoms with E-state index in [0.717, 1.165) is 29.4 Å². The first-order valence-electron chi connectivity index (χ1n) is 6.50. The molecule has 6 heteroatoms. The highest BCUT2D eigenvalue weighted by molar-refractivity contribution is 9.10. The summed E-state index contributed by atoms with van der Waals surface area (Å²) in [5.41, 5.74) is 1.96. The maximum Gasteiger partial charge on any atom is 0.407 e. The molecule has 106 valence electrons. The van der Waals surface area contributed by atoms with E-state index in [4.69, 9.17) is 5.11 Å². The number of nitrogens with zero attached hydrogens (tertiary/aromatic N) is 1. The van der Waals surface area contributed by atoms with Crippen molar-refractivity contribution in [2.24, 2.45) is 0 Å². The van der Waals surface area contributed by atoms with Gasteiger partial charge in [-0.3, -0.25) is 0 Å². The van der Waals surface area contributed by atoms with Gasteiger partial charge in [-0.2, -0.15) is 0 Å². The van der Waals surface area contributed by atoms with Gasteiger partial charge in [-0.05, 0) is 47.0 Å². The molecular weight excluding hydrogens is 327 g/mol. The lowest BCUT2D eigenvalue weighted by atomic mass is 9.94. The van der Waals surface area contributed by atoms with Crippen molar-refractivity contribution in [3.8, 4) is 0 Å². The zero-order valence-electron chi connectivity index (χ0n) is 10.7. The first-order chi connectivity index (χ1) is 9.54. The molecule has 0 saturated carbocycles. The van der Waals surface area contributed by atoms with Gasteiger partial charge in [0, 0.05) is 35.6 Å². The molecule has 0 atom stereocenters. The summed E-state index contributed by atoms with van der Waals surface area (Å²) in [5.74, 6) is 0.0311. The summed E-state index contributed by atoms with van der Waals surface area (Å²) in [6.07, 6.45) is 0.733. The molecule has 1 aromatic carbocycles. The molecule has 0 radical (unpaired) electrons. The summed E-state index contributed by atoms with van der Waals surface area (Å²) in [4.78, 5) is 15.6. The zero-order chi connectivity index (χ0) is 14.3. The number of hydrogen-bond acceptors (Lipinski definition) is 1. The largest absolute Gasteiger partial charge is 0.465 e. The van der Waals surface area contributed by atoms with Crippen LogP contribution in [0, 0.1) is 5.82 Å². The van der Waals surface area contributed by atoms with Gasteiger partial charge in [-0.15, -0.1) is 0 Å². The Kier molecular flexibility index (Phi) is 3.41. The molecule has 1 aromatic heterocycles. The van der Waals surface area contributed by atoms with Crippen LogP contribution in [-0.2, 0) is 0 Å². The number of nitrogens with one attached hydrogen (secondary N) is 1. The number of carbonyl (C=O) groups is 1. The van der Waals surface area contributed by atoms with Crippen LogP contribution in [-0.4, -0.2) is 34.2 Å². The van der Waals surface area contributed by atoms with Crippen LogP contribution in [0.25, 0.3) is 10.9 Å². The van der Waals surface area contributed by atoms with Gasteiger partial charge in [0.2, 0.25) is 0 Å². The van der Waals surface area contributed by atoms with Crippen LogP contribution >= 0.6 is 15.9 Å². The average molecular weight is 341 g/mol.